The van der Waals surface area contributed by atoms with Crippen LogP contribution in [0, 0.1) is 23.7 Å². The number of hydrogen-bond donors (Lipinski definition) is 2. The van der Waals surface area contributed by atoms with Gasteiger partial charge in [0.25, 0.3) is 0 Å². The first kappa shape index (κ1) is 39.2. The molecular formula is C44H62O6. The molecule has 1 saturated carbocycles. The van der Waals surface area contributed by atoms with Crippen molar-refractivity contribution in [1.29, 1.82) is 0 Å². The fraction of sp³-hybridized carbons (Fsp3) is 0.591. The molecule has 2 N–H and O–H groups in total. The molecular weight excluding hydrogens is 624 g/mol. The fourth-order valence-corrected chi connectivity index (χ4v) is 8.38. The van der Waals surface area contributed by atoms with Crippen molar-refractivity contribution in [3.63, 3.8) is 0 Å². The summed E-state index contributed by atoms with van der Waals surface area (Å²) in [7, 11) is 0. The van der Waals surface area contributed by atoms with Gasteiger partial charge in [0.2, 0.25) is 0 Å². The zero-order valence-corrected chi connectivity index (χ0v) is 31.8. The standard InChI is InChI=1S/C44H62O6/c1-9-11-13-15-31-23-37(45)41(35-21-29(7)17-19-33(35)27(3)4)39(25-31)49-43(47)44(48)50-40-26-32(16-14-12-10-2)24-38(46)42(40)36-22-30(8)18-20-34(36)28(5)6/h21,23-26,28,30,33-36,45-46H,3,9-20,22H2,1-2,4-8H3/t30-,33-,34-,35+,36+/m0/s1. The van der Waals surface area contributed by atoms with Gasteiger partial charge in [-0.3, -0.25) is 0 Å². The molecule has 2 aliphatic rings. The van der Waals surface area contributed by atoms with Gasteiger partial charge in [-0.25, -0.2) is 9.59 Å². The molecule has 2 aliphatic carbocycles. The van der Waals surface area contributed by atoms with Crippen molar-refractivity contribution in [2.45, 2.75) is 144 Å². The molecule has 0 radical (unpaired) electrons. The van der Waals surface area contributed by atoms with Crippen molar-refractivity contribution in [3.05, 3.63) is 70.3 Å². The summed E-state index contributed by atoms with van der Waals surface area (Å²) in [5, 5.41) is 23.0. The van der Waals surface area contributed by atoms with E-state index in [1.54, 1.807) is 12.1 Å². The van der Waals surface area contributed by atoms with Crippen LogP contribution in [0.5, 0.6) is 23.0 Å². The number of rotatable bonds is 14. The quantitative estimate of drug-likeness (QED) is 0.0675. The molecule has 2 aromatic carbocycles. The number of hydrogen-bond acceptors (Lipinski definition) is 6. The van der Waals surface area contributed by atoms with Gasteiger partial charge >= 0.3 is 11.9 Å². The van der Waals surface area contributed by atoms with E-state index in [0.29, 0.717) is 35.3 Å². The van der Waals surface area contributed by atoms with E-state index in [0.717, 1.165) is 93.7 Å². The van der Waals surface area contributed by atoms with E-state index < -0.39 is 11.9 Å². The van der Waals surface area contributed by atoms with Crippen molar-refractivity contribution in [2.75, 3.05) is 0 Å². The molecule has 50 heavy (non-hydrogen) atoms. The van der Waals surface area contributed by atoms with Gasteiger partial charge in [0.05, 0.1) is 0 Å². The van der Waals surface area contributed by atoms with Gasteiger partial charge < -0.3 is 19.7 Å². The largest absolute Gasteiger partial charge is 0.508 e. The highest BCUT2D eigenvalue weighted by atomic mass is 16.6. The number of ether oxygens (including phenoxy) is 2. The number of carbonyl (C=O) groups is 2. The Morgan fingerprint density at radius 1 is 0.840 bits per heavy atom. The van der Waals surface area contributed by atoms with Crippen LogP contribution in [0.15, 0.2) is 48.1 Å². The minimum atomic E-state index is -1.15. The number of aryl methyl sites for hydroxylation is 2. The first-order chi connectivity index (χ1) is 23.8. The molecule has 0 bridgehead atoms. The number of esters is 2. The van der Waals surface area contributed by atoms with Crippen LogP contribution >= 0.6 is 0 Å². The number of unbranched alkanes of at least 4 members (excludes halogenated alkanes) is 4. The van der Waals surface area contributed by atoms with Crippen LogP contribution in [0.3, 0.4) is 0 Å². The van der Waals surface area contributed by atoms with E-state index in [-0.39, 0.29) is 40.8 Å². The zero-order valence-electron chi connectivity index (χ0n) is 31.8. The normalized spacial score (nSPS) is 22.2. The van der Waals surface area contributed by atoms with Crippen molar-refractivity contribution in [1.82, 2.24) is 0 Å². The summed E-state index contributed by atoms with van der Waals surface area (Å²) in [6, 6.07) is 7.22. The molecule has 1 fully saturated rings. The lowest BCUT2D eigenvalue weighted by Gasteiger charge is -2.38. The van der Waals surface area contributed by atoms with E-state index in [2.05, 4.69) is 54.2 Å². The van der Waals surface area contributed by atoms with Crippen molar-refractivity contribution in [3.8, 4) is 23.0 Å². The summed E-state index contributed by atoms with van der Waals surface area (Å²) < 4.78 is 11.9. The number of carbonyl (C=O) groups excluding carboxylic acids is 2. The average molecular weight is 687 g/mol. The van der Waals surface area contributed by atoms with Crippen LogP contribution < -0.4 is 9.47 Å². The Kier molecular flexibility index (Phi) is 14.2. The van der Waals surface area contributed by atoms with Crippen LogP contribution in [0.4, 0.5) is 0 Å². The van der Waals surface area contributed by atoms with E-state index in [4.69, 9.17) is 9.47 Å². The molecule has 6 nitrogen and oxygen atoms in total. The van der Waals surface area contributed by atoms with Gasteiger partial charge in [-0.15, -0.1) is 0 Å². The Labute approximate surface area is 301 Å². The number of benzene rings is 2. The topological polar surface area (TPSA) is 93.1 Å². The van der Waals surface area contributed by atoms with Crippen LogP contribution in [-0.4, -0.2) is 22.2 Å². The fourth-order valence-electron chi connectivity index (χ4n) is 8.38. The summed E-state index contributed by atoms with van der Waals surface area (Å²) in [5.41, 5.74) is 5.00. The Balaban J connectivity index is 1.72. The van der Waals surface area contributed by atoms with Crippen LogP contribution in [0.25, 0.3) is 0 Å². The molecule has 6 heteroatoms. The third kappa shape index (κ3) is 9.82. The van der Waals surface area contributed by atoms with Gasteiger partial charge in [0.15, 0.2) is 0 Å². The van der Waals surface area contributed by atoms with Crippen LogP contribution in [0.1, 0.15) is 153 Å². The highest BCUT2D eigenvalue weighted by Gasteiger charge is 2.37. The van der Waals surface area contributed by atoms with E-state index in [1.165, 1.54) is 5.57 Å². The molecule has 0 aromatic heterocycles. The maximum atomic E-state index is 13.7. The second kappa shape index (κ2) is 18.1. The van der Waals surface area contributed by atoms with Crippen molar-refractivity contribution >= 4 is 11.9 Å². The second-order valence-electron chi connectivity index (χ2n) is 15.7. The van der Waals surface area contributed by atoms with Crippen LogP contribution in [0.2, 0.25) is 0 Å². The highest BCUT2D eigenvalue weighted by molar-refractivity contribution is 6.31. The Hall–Kier alpha value is -3.54. The third-order valence-electron chi connectivity index (χ3n) is 11.2. The Morgan fingerprint density at radius 3 is 1.90 bits per heavy atom. The molecule has 0 amide bonds. The lowest BCUT2D eigenvalue weighted by Crippen LogP contribution is -2.29. The maximum Gasteiger partial charge on any atom is 0.423 e. The van der Waals surface area contributed by atoms with Crippen molar-refractivity contribution in [2.24, 2.45) is 23.7 Å². The predicted octanol–water partition coefficient (Wildman–Crippen LogP) is 11.3. The summed E-state index contributed by atoms with van der Waals surface area (Å²) in [6.07, 6.45) is 14.5. The first-order valence-corrected chi connectivity index (χ1v) is 19.3. The Morgan fingerprint density at radius 2 is 1.38 bits per heavy atom. The van der Waals surface area contributed by atoms with E-state index in [9.17, 15) is 19.8 Å². The summed E-state index contributed by atoms with van der Waals surface area (Å²) >= 11 is 0. The lowest BCUT2D eigenvalue weighted by molar-refractivity contribution is -0.156. The number of allylic oxidation sites excluding steroid dienone is 3. The summed E-state index contributed by atoms with van der Waals surface area (Å²) in [6.45, 7) is 19.2. The number of phenols is 2. The minimum Gasteiger partial charge on any atom is -0.508 e. The SMILES string of the molecule is C=C(C)[C@@H]1CCC(C)=C[C@H]1c1c(O)cc(CCCCC)cc1OC(=O)C(=O)Oc1cc(CCCCC)cc(O)c1[C@@H]1C[C@@H](C)CC[C@H]1C(C)C. The van der Waals surface area contributed by atoms with E-state index >= 15 is 0 Å². The van der Waals surface area contributed by atoms with Crippen LogP contribution in [-0.2, 0) is 22.4 Å². The second-order valence-corrected chi connectivity index (χ2v) is 15.7. The molecule has 2 aromatic rings. The monoisotopic (exact) mass is 686 g/mol. The zero-order chi connectivity index (χ0) is 36.5. The lowest BCUT2D eigenvalue weighted by atomic mass is 9.67. The molecule has 4 rings (SSSR count). The summed E-state index contributed by atoms with van der Waals surface area (Å²) in [5.74, 6) is -0.772. The molecule has 0 spiro atoms. The smallest absolute Gasteiger partial charge is 0.423 e. The molecule has 274 valence electrons. The van der Waals surface area contributed by atoms with E-state index in [1.807, 2.05) is 19.1 Å². The Bertz CT molecular complexity index is 1530. The molecule has 5 atom stereocenters. The van der Waals surface area contributed by atoms with Crippen molar-refractivity contribution < 1.29 is 29.3 Å². The van der Waals surface area contributed by atoms with Gasteiger partial charge in [-0.2, -0.15) is 0 Å². The highest BCUT2D eigenvalue weighted by Crippen LogP contribution is 2.50. The predicted molar refractivity (Wildman–Crippen MR) is 202 cm³/mol. The molecule has 0 saturated heterocycles. The maximum absolute atomic E-state index is 13.7. The first-order valence-electron chi connectivity index (χ1n) is 19.3. The average Bonchev–Trinajstić information content (AvgIpc) is 3.04. The number of aromatic hydroxyl groups is 2. The molecule has 0 aliphatic heterocycles. The summed E-state index contributed by atoms with van der Waals surface area (Å²) in [4.78, 5) is 27.5. The minimum absolute atomic E-state index is 0.00832. The molecule has 0 unspecified atom stereocenters. The van der Waals surface area contributed by atoms with Gasteiger partial charge in [0.1, 0.15) is 23.0 Å². The van der Waals surface area contributed by atoms with Gasteiger partial charge in [-0.1, -0.05) is 90.5 Å². The third-order valence-corrected chi connectivity index (χ3v) is 11.2. The van der Waals surface area contributed by atoms with Gasteiger partial charge in [0, 0.05) is 17.0 Å². The van der Waals surface area contributed by atoms with Gasteiger partial charge in [-0.05, 0) is 130 Å². The number of phenolic OH excluding ortho intramolecular Hbond substituents is 2. The molecule has 0 heterocycles.